The van der Waals surface area contributed by atoms with Crippen LogP contribution in [0, 0.1) is 0 Å². The first-order valence-electron chi connectivity index (χ1n) is 14.3. The number of fused-ring (bicyclic) bond motifs is 3. The van der Waals surface area contributed by atoms with Crippen molar-refractivity contribution in [3.8, 4) is 22.8 Å². The monoisotopic (exact) mass is 598 g/mol. The van der Waals surface area contributed by atoms with Crippen molar-refractivity contribution in [2.75, 3.05) is 54.5 Å². The summed E-state index contributed by atoms with van der Waals surface area (Å²) in [4.78, 5) is 18.0. The Kier molecular flexibility index (Phi) is 5.97. The number of hydrogen-bond acceptors (Lipinski definition) is 8. The van der Waals surface area contributed by atoms with Gasteiger partial charge in [0.05, 0.1) is 27.9 Å². The van der Waals surface area contributed by atoms with Gasteiger partial charge >= 0.3 is 6.18 Å². The number of benzene rings is 4. The van der Waals surface area contributed by atoms with Crippen LogP contribution in [0.2, 0.25) is 0 Å². The lowest BCUT2D eigenvalue weighted by atomic mass is 9.86. The second kappa shape index (κ2) is 9.94. The highest BCUT2D eigenvalue weighted by Crippen LogP contribution is 2.47. The van der Waals surface area contributed by atoms with E-state index in [4.69, 9.17) is 14.0 Å². The number of aromatic nitrogens is 1. The second-order valence-electron chi connectivity index (χ2n) is 10.9. The number of nitrogens with one attached hydrogen (secondary N) is 1. The average Bonchev–Trinajstić information content (AvgIpc) is 3.49. The number of hydrogen-bond donors (Lipinski definition) is 1. The zero-order valence-corrected chi connectivity index (χ0v) is 23.3. The molecule has 1 aliphatic carbocycles. The van der Waals surface area contributed by atoms with E-state index in [9.17, 15) is 18.0 Å². The summed E-state index contributed by atoms with van der Waals surface area (Å²) in [7, 11) is 0. The van der Waals surface area contributed by atoms with Gasteiger partial charge in [-0.2, -0.15) is 13.2 Å². The van der Waals surface area contributed by atoms with E-state index in [1.54, 1.807) is 12.1 Å². The smallest absolute Gasteiger partial charge is 0.416 e. The third kappa shape index (κ3) is 4.30. The number of carbonyl (C=O) groups excluding carboxylic acids is 1. The number of nitrogens with zero attached hydrogens (tertiary/aromatic N) is 3. The van der Waals surface area contributed by atoms with Crippen LogP contribution in [0.15, 0.2) is 77.3 Å². The molecule has 2 aliphatic heterocycles. The van der Waals surface area contributed by atoms with Crippen LogP contribution in [-0.2, 0) is 6.18 Å². The largest absolute Gasteiger partial charge is 0.486 e. The number of alkyl halides is 3. The van der Waals surface area contributed by atoms with Crippen molar-refractivity contribution < 1.29 is 32.0 Å². The van der Waals surface area contributed by atoms with Crippen molar-refractivity contribution in [3.63, 3.8) is 0 Å². The van der Waals surface area contributed by atoms with Gasteiger partial charge in [-0.15, -0.1) is 0 Å². The first-order chi connectivity index (χ1) is 21.3. The normalized spacial score (nSPS) is 15.8. The van der Waals surface area contributed by atoms with Gasteiger partial charge in [0.15, 0.2) is 23.0 Å². The number of piperazine rings is 1. The molecular weight excluding hydrogens is 573 g/mol. The minimum absolute atomic E-state index is 0.137. The predicted octanol–water partition coefficient (Wildman–Crippen LogP) is 6.90. The summed E-state index contributed by atoms with van der Waals surface area (Å²) in [6.45, 7) is 2.99. The molecule has 1 saturated heterocycles. The van der Waals surface area contributed by atoms with Crippen LogP contribution in [0.4, 0.5) is 35.9 Å². The van der Waals surface area contributed by atoms with Crippen LogP contribution in [0.3, 0.4) is 0 Å². The molecule has 3 aliphatic rings. The molecule has 222 valence electrons. The summed E-state index contributed by atoms with van der Waals surface area (Å²) in [6.07, 6.45) is -4.41. The third-order valence-corrected chi connectivity index (χ3v) is 8.36. The molecule has 0 amide bonds. The molecule has 0 spiro atoms. The summed E-state index contributed by atoms with van der Waals surface area (Å²) >= 11 is 0. The van der Waals surface area contributed by atoms with E-state index in [1.165, 1.54) is 12.1 Å². The molecule has 0 radical (unpaired) electrons. The van der Waals surface area contributed by atoms with Gasteiger partial charge in [0.2, 0.25) is 0 Å². The van der Waals surface area contributed by atoms with Gasteiger partial charge in [0.25, 0.3) is 0 Å². The lowest BCUT2D eigenvalue weighted by Gasteiger charge is -2.38. The standard InChI is InChI=1S/C33H25F3N4O4/c34-33(35,36)19-4-3-5-21(16-19)39-10-12-40(13-11-39)25-18-24(37-20-8-9-26-27(17-20)43-15-14-42-26)28-29-30(25)38-44-32(29)23-7-2-1-6-22(23)31(28)41/h1-9,16-18,37H,10-15H2. The Morgan fingerprint density at radius 3 is 2.34 bits per heavy atom. The summed E-state index contributed by atoms with van der Waals surface area (Å²) in [6, 6.07) is 20.2. The Morgan fingerprint density at radius 1 is 0.795 bits per heavy atom. The van der Waals surface area contributed by atoms with E-state index < -0.39 is 11.7 Å². The number of anilines is 4. The molecule has 1 N–H and O–H groups in total. The van der Waals surface area contributed by atoms with E-state index >= 15 is 0 Å². The fourth-order valence-electron chi connectivity index (χ4n) is 6.24. The molecule has 0 unspecified atom stereocenters. The highest BCUT2D eigenvalue weighted by molar-refractivity contribution is 6.28. The molecule has 4 aromatic carbocycles. The minimum Gasteiger partial charge on any atom is -0.486 e. The molecular formula is C33H25F3N4O4. The van der Waals surface area contributed by atoms with Crippen molar-refractivity contribution >= 4 is 39.4 Å². The Morgan fingerprint density at radius 2 is 1.55 bits per heavy atom. The molecule has 0 bridgehead atoms. The number of ketones is 1. The van der Waals surface area contributed by atoms with Gasteiger partial charge in [0, 0.05) is 54.7 Å². The molecule has 11 heteroatoms. The van der Waals surface area contributed by atoms with Crippen LogP contribution in [0.5, 0.6) is 11.5 Å². The molecule has 1 aromatic heterocycles. The number of rotatable bonds is 4. The van der Waals surface area contributed by atoms with Crippen molar-refractivity contribution in [1.82, 2.24) is 5.16 Å². The highest BCUT2D eigenvalue weighted by atomic mass is 19.4. The maximum atomic E-state index is 14.0. The van der Waals surface area contributed by atoms with Gasteiger partial charge in [-0.3, -0.25) is 4.79 Å². The van der Waals surface area contributed by atoms with Crippen LogP contribution >= 0.6 is 0 Å². The maximum absolute atomic E-state index is 14.0. The van der Waals surface area contributed by atoms with Crippen molar-refractivity contribution in [2.24, 2.45) is 0 Å². The minimum atomic E-state index is -4.41. The lowest BCUT2D eigenvalue weighted by molar-refractivity contribution is -0.137. The summed E-state index contributed by atoms with van der Waals surface area (Å²) < 4.78 is 57.4. The first-order valence-corrected chi connectivity index (χ1v) is 14.3. The molecule has 1 fully saturated rings. The topological polar surface area (TPSA) is 80.1 Å². The van der Waals surface area contributed by atoms with Gasteiger partial charge in [-0.1, -0.05) is 35.5 Å². The Hall–Kier alpha value is -5.19. The maximum Gasteiger partial charge on any atom is 0.416 e. The lowest BCUT2D eigenvalue weighted by Crippen LogP contribution is -2.46. The fourth-order valence-corrected chi connectivity index (χ4v) is 6.24. The summed E-state index contributed by atoms with van der Waals surface area (Å²) in [5.41, 5.74) is 4.20. The highest BCUT2D eigenvalue weighted by Gasteiger charge is 2.35. The average molecular weight is 599 g/mol. The number of carbonyl (C=O) groups is 1. The first kappa shape index (κ1) is 26.4. The molecule has 0 atom stereocenters. The zero-order chi connectivity index (χ0) is 30.0. The van der Waals surface area contributed by atoms with E-state index in [0.29, 0.717) is 95.6 Å². The van der Waals surface area contributed by atoms with E-state index in [0.717, 1.165) is 17.4 Å². The summed E-state index contributed by atoms with van der Waals surface area (Å²) in [5, 5.41) is 8.52. The third-order valence-electron chi connectivity index (χ3n) is 8.36. The zero-order valence-electron chi connectivity index (χ0n) is 23.3. The molecule has 5 aromatic rings. The molecule has 3 heterocycles. The van der Waals surface area contributed by atoms with E-state index in [1.807, 2.05) is 47.4 Å². The van der Waals surface area contributed by atoms with Crippen LogP contribution < -0.4 is 24.6 Å². The molecule has 0 saturated carbocycles. The van der Waals surface area contributed by atoms with Crippen molar-refractivity contribution in [2.45, 2.75) is 6.18 Å². The predicted molar refractivity (Wildman–Crippen MR) is 159 cm³/mol. The molecule has 8 nitrogen and oxygen atoms in total. The van der Waals surface area contributed by atoms with Crippen LogP contribution in [0.1, 0.15) is 21.5 Å². The van der Waals surface area contributed by atoms with Crippen molar-refractivity contribution in [3.05, 3.63) is 89.5 Å². The molecule has 8 rings (SSSR count). The Balaban J connectivity index is 1.18. The molecule has 44 heavy (non-hydrogen) atoms. The quantitative estimate of drug-likeness (QED) is 0.235. The van der Waals surface area contributed by atoms with Crippen LogP contribution in [-0.4, -0.2) is 50.3 Å². The van der Waals surface area contributed by atoms with Gasteiger partial charge in [0.1, 0.15) is 18.7 Å². The van der Waals surface area contributed by atoms with Gasteiger partial charge < -0.3 is 29.1 Å². The fraction of sp³-hybridized carbons (Fsp3) is 0.212. The number of ether oxygens (including phenoxy) is 2. The van der Waals surface area contributed by atoms with Gasteiger partial charge in [-0.05, 0) is 36.4 Å². The number of halogens is 3. The second-order valence-corrected chi connectivity index (χ2v) is 10.9. The van der Waals surface area contributed by atoms with E-state index in [-0.39, 0.29) is 5.78 Å². The summed E-state index contributed by atoms with van der Waals surface area (Å²) in [5.74, 6) is 1.66. The SMILES string of the molecule is O=C1c2ccccc2-c2onc3c(N4CCN(c5cccc(C(F)(F)F)c5)CC4)cc(Nc4ccc5c(c4)OCCO5)c1c23. The Labute approximate surface area is 249 Å². The van der Waals surface area contributed by atoms with Crippen LogP contribution in [0.25, 0.3) is 22.2 Å². The van der Waals surface area contributed by atoms with Crippen molar-refractivity contribution in [1.29, 1.82) is 0 Å². The van der Waals surface area contributed by atoms with Gasteiger partial charge in [-0.25, -0.2) is 0 Å². The van der Waals surface area contributed by atoms with E-state index in [2.05, 4.69) is 15.4 Å². The Bertz CT molecular complexity index is 1950.